The lowest BCUT2D eigenvalue weighted by Crippen LogP contribution is -2.64. The minimum Gasteiger partial charge on any atom is -0.206 e. The highest BCUT2D eigenvalue weighted by Crippen LogP contribution is 2.53. The number of rotatable bonds is 6. The van der Waals surface area contributed by atoms with Crippen molar-refractivity contribution in [1.82, 2.24) is 3.62 Å². The third kappa shape index (κ3) is 3.39. The Kier molecular flexibility index (Phi) is 6.23. The molecule has 0 aliphatic rings. The topological polar surface area (TPSA) is 71.5 Å². The van der Waals surface area contributed by atoms with Gasteiger partial charge in [0.25, 0.3) is 20.0 Å². The molecule has 22 heteroatoms. The first-order valence-electron chi connectivity index (χ1n) is 5.53. The van der Waals surface area contributed by atoms with E-state index in [1.165, 1.54) is 0 Å². The van der Waals surface area contributed by atoms with Crippen LogP contribution in [0, 0.1) is 0 Å². The van der Waals surface area contributed by atoms with Gasteiger partial charge in [-0.25, -0.2) is 16.8 Å². The van der Waals surface area contributed by atoms with Gasteiger partial charge in [-0.1, -0.05) is 0 Å². The molecule has 0 N–H and O–H groups in total. The Bertz CT molecular complexity index is 744. The van der Waals surface area contributed by atoms with Gasteiger partial charge in [0.05, 0.1) is 0 Å². The van der Waals surface area contributed by atoms with Gasteiger partial charge < -0.3 is 0 Å². The average molecular weight is 493 g/mol. The molecule has 0 saturated carbocycles. The molecule has 0 aliphatic heterocycles. The SMILES string of the molecule is BN(S(=O)(=O)C(F)(F)C(F)(F)C(F)(F)F)S(=O)(=O)C(F)(F)C(F)(F)C(F)(F)F. The van der Waals surface area contributed by atoms with E-state index < -0.39 is 66.4 Å². The van der Waals surface area contributed by atoms with Crippen LogP contribution in [0.3, 0.4) is 0 Å². The molecule has 0 spiro atoms. The third-order valence-electron chi connectivity index (χ3n) is 2.77. The molecule has 0 unspecified atom stereocenters. The summed E-state index contributed by atoms with van der Waals surface area (Å²) in [5, 5.41) is -15.2. The van der Waals surface area contributed by atoms with Crippen LogP contribution < -0.4 is 0 Å². The number of halogens is 14. The Morgan fingerprint density at radius 1 is 0.500 bits per heavy atom. The standard InChI is InChI=1S/C6H2BF14NO4S2/c7-22(27(23,24)5(18,19)1(8,9)3(12,13)14)28(25,26)6(20,21)2(10,11)4(15,16)17/h7H2. The van der Waals surface area contributed by atoms with Gasteiger partial charge in [0, 0.05) is 0 Å². The molecule has 0 amide bonds. The first-order chi connectivity index (χ1) is 11.7. The molecule has 0 aromatic rings. The molecular formula is C6H2BF14NO4S2. The van der Waals surface area contributed by atoms with Gasteiger partial charge in [-0.15, -0.1) is 3.62 Å². The smallest absolute Gasteiger partial charge is 0.206 e. The highest BCUT2D eigenvalue weighted by molar-refractivity contribution is 8.06. The zero-order valence-electron chi connectivity index (χ0n) is 12.2. The molecule has 0 radical (unpaired) electrons. The number of nitrogens with zero attached hydrogens (tertiary/aromatic N) is 1. The molecule has 0 aromatic carbocycles. The van der Waals surface area contributed by atoms with Crippen LogP contribution in [-0.2, 0) is 20.0 Å². The van der Waals surface area contributed by atoms with E-state index in [4.69, 9.17) is 0 Å². The predicted molar refractivity (Wildman–Crippen MR) is 60.1 cm³/mol. The Morgan fingerprint density at radius 3 is 0.821 bits per heavy atom. The van der Waals surface area contributed by atoms with Gasteiger partial charge in [0.2, 0.25) is 7.98 Å². The second kappa shape index (κ2) is 6.47. The molecule has 168 valence electrons. The molecule has 5 nitrogen and oxygen atoms in total. The van der Waals surface area contributed by atoms with Crippen LogP contribution in [0.4, 0.5) is 61.5 Å². The summed E-state index contributed by atoms with van der Waals surface area (Å²) >= 11 is 0. The van der Waals surface area contributed by atoms with Gasteiger partial charge >= 0.3 is 34.7 Å². The highest BCUT2D eigenvalue weighted by Gasteiger charge is 2.83. The molecule has 0 saturated heterocycles. The van der Waals surface area contributed by atoms with Crippen molar-refractivity contribution in [3.63, 3.8) is 0 Å². The molecule has 0 rings (SSSR count). The van der Waals surface area contributed by atoms with Crippen molar-refractivity contribution < 1.29 is 78.3 Å². The molecule has 0 atom stereocenters. The summed E-state index contributed by atoms with van der Waals surface area (Å²) in [6.07, 6.45) is -14.9. The first-order valence-corrected chi connectivity index (χ1v) is 8.41. The lowest BCUT2D eigenvalue weighted by molar-refractivity contribution is -0.333. The normalized spacial score (nSPS) is 16.5. The van der Waals surface area contributed by atoms with Crippen LogP contribution in [0.25, 0.3) is 0 Å². The van der Waals surface area contributed by atoms with Crippen molar-refractivity contribution in [2.24, 2.45) is 0 Å². The maximum Gasteiger partial charge on any atom is 0.461 e. The third-order valence-corrected chi connectivity index (χ3v) is 7.11. The summed E-state index contributed by atoms with van der Waals surface area (Å²) in [7, 11) is -17.5. The van der Waals surface area contributed by atoms with Gasteiger partial charge in [0.15, 0.2) is 0 Å². The van der Waals surface area contributed by atoms with Gasteiger partial charge in [-0.05, 0) is 0 Å². The van der Waals surface area contributed by atoms with Crippen molar-refractivity contribution in [2.45, 2.75) is 34.7 Å². The molecule has 0 aliphatic carbocycles. The number of hydrogen-bond donors (Lipinski definition) is 0. The lowest BCUT2D eigenvalue weighted by Gasteiger charge is -2.34. The van der Waals surface area contributed by atoms with Crippen LogP contribution in [0.5, 0.6) is 0 Å². The second-order valence-electron chi connectivity index (χ2n) is 4.57. The van der Waals surface area contributed by atoms with Crippen LogP contribution >= 0.6 is 0 Å². The zero-order valence-corrected chi connectivity index (χ0v) is 13.8. The number of sulfonamides is 2. The number of alkyl halides is 14. The van der Waals surface area contributed by atoms with Gasteiger partial charge in [-0.3, -0.25) is 0 Å². The van der Waals surface area contributed by atoms with Crippen molar-refractivity contribution in [1.29, 1.82) is 0 Å². The lowest BCUT2D eigenvalue weighted by atomic mass is 10.3. The largest absolute Gasteiger partial charge is 0.461 e. The maximum absolute atomic E-state index is 13.2. The van der Waals surface area contributed by atoms with E-state index in [0.717, 1.165) is 0 Å². The fraction of sp³-hybridized carbons (Fsp3) is 1.00. The Morgan fingerprint density at radius 2 is 0.679 bits per heavy atom. The molecule has 0 fully saturated rings. The van der Waals surface area contributed by atoms with E-state index in [2.05, 4.69) is 0 Å². The zero-order chi connectivity index (χ0) is 23.6. The van der Waals surface area contributed by atoms with E-state index in [1.807, 2.05) is 0 Å². The van der Waals surface area contributed by atoms with E-state index in [0.29, 0.717) is 0 Å². The Labute approximate surface area is 145 Å². The fourth-order valence-corrected chi connectivity index (χ4v) is 4.23. The second-order valence-corrected chi connectivity index (χ2v) is 8.82. The fourth-order valence-electron chi connectivity index (χ4n) is 1.11. The number of hydrogen-bond acceptors (Lipinski definition) is 4. The summed E-state index contributed by atoms with van der Waals surface area (Å²) in [5.41, 5.74) is 0. The van der Waals surface area contributed by atoms with Crippen molar-refractivity contribution in [3.05, 3.63) is 0 Å². The quantitative estimate of drug-likeness (QED) is 0.420. The summed E-state index contributed by atoms with van der Waals surface area (Å²) in [6, 6.07) is 0. The minimum absolute atomic E-state index is 1.18. The molecular weight excluding hydrogens is 491 g/mol. The summed E-state index contributed by atoms with van der Waals surface area (Å²) < 4.78 is 216. The predicted octanol–water partition coefficient (Wildman–Crippen LogP) is 2.08. The van der Waals surface area contributed by atoms with Crippen molar-refractivity contribution in [3.8, 4) is 0 Å². The summed E-state index contributed by atoms with van der Waals surface area (Å²) in [4.78, 5) is 0. The van der Waals surface area contributed by atoms with Crippen LogP contribution in [0.15, 0.2) is 0 Å². The van der Waals surface area contributed by atoms with Crippen LogP contribution in [-0.4, -0.2) is 63.1 Å². The molecule has 28 heavy (non-hydrogen) atoms. The van der Waals surface area contributed by atoms with E-state index >= 15 is 0 Å². The summed E-state index contributed by atoms with van der Waals surface area (Å²) in [6.45, 7) is 0. The van der Waals surface area contributed by atoms with Crippen LogP contribution in [0.1, 0.15) is 0 Å². The van der Waals surface area contributed by atoms with Crippen molar-refractivity contribution in [2.75, 3.05) is 0 Å². The summed E-state index contributed by atoms with van der Waals surface area (Å²) in [5.74, 6) is -15.4. The Balaban J connectivity index is 6.69. The highest BCUT2D eigenvalue weighted by atomic mass is 32.3. The monoisotopic (exact) mass is 493 g/mol. The van der Waals surface area contributed by atoms with Crippen molar-refractivity contribution >= 4 is 28.0 Å². The van der Waals surface area contributed by atoms with Crippen LogP contribution in [0.2, 0.25) is 0 Å². The van der Waals surface area contributed by atoms with E-state index in [-0.39, 0.29) is 0 Å². The van der Waals surface area contributed by atoms with Gasteiger partial charge in [0.1, 0.15) is 0 Å². The van der Waals surface area contributed by atoms with Gasteiger partial charge in [-0.2, -0.15) is 61.5 Å². The van der Waals surface area contributed by atoms with E-state index in [9.17, 15) is 78.3 Å². The maximum atomic E-state index is 13.2. The minimum atomic E-state index is -8.16. The Hall–Kier alpha value is -1.06. The molecule has 0 heterocycles. The van der Waals surface area contributed by atoms with E-state index in [1.54, 1.807) is 0 Å². The average Bonchev–Trinajstić information content (AvgIpc) is 2.42. The first kappa shape index (κ1) is 26.9. The molecule has 0 bridgehead atoms. The molecule has 0 aromatic heterocycles.